The largest absolute Gasteiger partial charge is 0.406 e. The topological polar surface area (TPSA) is 33.0 Å². The molecule has 0 saturated heterocycles. The lowest BCUT2D eigenvalue weighted by Crippen LogP contribution is -2.45. The van der Waals surface area contributed by atoms with Crippen LogP contribution in [-0.2, 0) is 4.43 Å². The fourth-order valence-electron chi connectivity index (χ4n) is 2.25. The lowest BCUT2D eigenvalue weighted by molar-refractivity contribution is 0.222. The first-order valence-electron chi connectivity index (χ1n) is 6.76. The van der Waals surface area contributed by atoms with E-state index >= 15 is 0 Å². The molecule has 0 bridgehead atoms. The molecule has 0 heterocycles. The van der Waals surface area contributed by atoms with Crippen LogP contribution in [-0.4, -0.2) is 8.32 Å². The predicted octanol–water partition coefficient (Wildman–Crippen LogP) is 3.75. The molecule has 2 rings (SSSR count). The van der Waals surface area contributed by atoms with Crippen LogP contribution in [0.25, 0.3) is 0 Å². The Balaban J connectivity index is 2.14. The fraction of sp³-hybridized carbons (Fsp3) is 0.235. The van der Waals surface area contributed by atoms with Crippen LogP contribution in [0.5, 0.6) is 0 Å². The first-order chi connectivity index (χ1) is 9.53. The van der Waals surface area contributed by atoms with E-state index < -0.39 is 8.32 Å². The number of rotatable bonds is 4. The van der Waals surface area contributed by atoms with Crippen molar-refractivity contribution >= 4 is 13.5 Å². The second-order valence-electron chi connectivity index (χ2n) is 5.37. The van der Waals surface area contributed by atoms with Gasteiger partial charge in [-0.2, -0.15) is 5.26 Å². The normalized spacial score (nSPS) is 12.7. The zero-order valence-corrected chi connectivity index (χ0v) is 13.1. The van der Waals surface area contributed by atoms with Gasteiger partial charge in [0.05, 0.1) is 17.7 Å². The van der Waals surface area contributed by atoms with Gasteiger partial charge in [-0.1, -0.05) is 42.5 Å². The van der Waals surface area contributed by atoms with E-state index in [1.54, 1.807) is 0 Å². The quantitative estimate of drug-likeness (QED) is 0.800. The van der Waals surface area contributed by atoms with Crippen LogP contribution in [0.3, 0.4) is 0 Å². The highest BCUT2D eigenvalue weighted by atomic mass is 28.4. The van der Waals surface area contributed by atoms with Crippen LogP contribution in [0.15, 0.2) is 54.6 Å². The van der Waals surface area contributed by atoms with E-state index in [-0.39, 0.29) is 6.10 Å². The SMILES string of the molecule is CC(O[Si](C)(C)c1ccccc1)c1ccc(C#N)cc1. The van der Waals surface area contributed by atoms with E-state index in [2.05, 4.69) is 50.4 Å². The zero-order valence-electron chi connectivity index (χ0n) is 12.1. The lowest BCUT2D eigenvalue weighted by Gasteiger charge is -2.28. The Morgan fingerprint density at radius 1 is 1.00 bits per heavy atom. The van der Waals surface area contributed by atoms with Crippen molar-refractivity contribution in [1.82, 2.24) is 0 Å². The molecule has 2 nitrogen and oxygen atoms in total. The van der Waals surface area contributed by atoms with Gasteiger partial charge >= 0.3 is 0 Å². The van der Waals surface area contributed by atoms with Crippen molar-refractivity contribution in [3.63, 3.8) is 0 Å². The van der Waals surface area contributed by atoms with E-state index in [4.69, 9.17) is 9.69 Å². The minimum Gasteiger partial charge on any atom is -0.406 e. The summed E-state index contributed by atoms with van der Waals surface area (Å²) in [5, 5.41) is 10.1. The maximum absolute atomic E-state index is 8.83. The van der Waals surface area contributed by atoms with E-state index in [9.17, 15) is 0 Å². The molecule has 0 N–H and O–H groups in total. The Hall–Kier alpha value is -1.89. The van der Waals surface area contributed by atoms with Crippen molar-refractivity contribution in [2.45, 2.75) is 26.1 Å². The van der Waals surface area contributed by atoms with Crippen molar-refractivity contribution in [1.29, 1.82) is 5.26 Å². The number of hydrogen-bond donors (Lipinski definition) is 0. The first-order valence-corrected chi connectivity index (χ1v) is 9.67. The third-order valence-electron chi connectivity index (χ3n) is 3.45. The standard InChI is InChI=1S/C17H19NOSi/c1-14(16-11-9-15(13-18)10-12-16)19-20(2,3)17-7-5-4-6-8-17/h4-12,14H,1-3H3. The molecule has 0 amide bonds. The summed E-state index contributed by atoms with van der Waals surface area (Å²) in [6, 6.07) is 20.2. The van der Waals surface area contributed by atoms with E-state index in [0.717, 1.165) is 5.56 Å². The summed E-state index contributed by atoms with van der Waals surface area (Å²) in [6.45, 7) is 6.49. The van der Waals surface area contributed by atoms with E-state index in [1.165, 1.54) is 5.19 Å². The predicted molar refractivity (Wildman–Crippen MR) is 84.2 cm³/mol. The number of nitriles is 1. The van der Waals surface area contributed by atoms with Crippen molar-refractivity contribution in [2.24, 2.45) is 0 Å². The highest BCUT2D eigenvalue weighted by molar-refractivity contribution is 6.84. The number of benzene rings is 2. The molecule has 1 atom stereocenters. The highest BCUT2D eigenvalue weighted by Crippen LogP contribution is 2.22. The molecule has 2 aromatic carbocycles. The molecular weight excluding hydrogens is 262 g/mol. The molecule has 0 spiro atoms. The molecule has 3 heteroatoms. The Morgan fingerprint density at radius 3 is 2.15 bits per heavy atom. The molecule has 0 saturated carbocycles. The van der Waals surface area contributed by atoms with Gasteiger partial charge in [0, 0.05) is 0 Å². The van der Waals surface area contributed by atoms with E-state index in [0.29, 0.717) is 5.56 Å². The first kappa shape index (κ1) is 14.5. The third kappa shape index (κ3) is 3.35. The molecule has 20 heavy (non-hydrogen) atoms. The van der Waals surface area contributed by atoms with Gasteiger partial charge in [0.15, 0.2) is 0 Å². The molecule has 1 unspecified atom stereocenters. The molecule has 0 aliphatic rings. The van der Waals surface area contributed by atoms with Crippen LogP contribution in [0.2, 0.25) is 13.1 Å². The minimum absolute atomic E-state index is 0.0321. The highest BCUT2D eigenvalue weighted by Gasteiger charge is 2.27. The average molecular weight is 281 g/mol. The van der Waals surface area contributed by atoms with Gasteiger partial charge in [-0.15, -0.1) is 0 Å². The summed E-state index contributed by atoms with van der Waals surface area (Å²) < 4.78 is 6.34. The van der Waals surface area contributed by atoms with Gasteiger partial charge in [-0.05, 0) is 42.9 Å². The van der Waals surface area contributed by atoms with Gasteiger partial charge in [0.25, 0.3) is 0 Å². The minimum atomic E-state index is -1.91. The van der Waals surface area contributed by atoms with Gasteiger partial charge in [0.2, 0.25) is 8.32 Å². The summed E-state index contributed by atoms with van der Waals surface area (Å²) >= 11 is 0. The van der Waals surface area contributed by atoms with Crippen LogP contribution < -0.4 is 5.19 Å². The van der Waals surface area contributed by atoms with Crippen LogP contribution in [0, 0.1) is 11.3 Å². The van der Waals surface area contributed by atoms with Gasteiger partial charge < -0.3 is 4.43 Å². The van der Waals surface area contributed by atoms with Crippen molar-refractivity contribution in [2.75, 3.05) is 0 Å². The summed E-state index contributed by atoms with van der Waals surface area (Å²) in [4.78, 5) is 0. The summed E-state index contributed by atoms with van der Waals surface area (Å²) in [5.74, 6) is 0. The molecule has 0 aliphatic heterocycles. The Labute approximate surface area is 121 Å². The zero-order chi connectivity index (χ0) is 14.6. The maximum atomic E-state index is 8.83. The Bertz CT molecular complexity index is 599. The summed E-state index contributed by atoms with van der Waals surface area (Å²) in [6.07, 6.45) is 0.0321. The fourth-order valence-corrected chi connectivity index (χ4v) is 4.40. The monoisotopic (exact) mass is 281 g/mol. The lowest BCUT2D eigenvalue weighted by atomic mass is 10.1. The molecule has 102 valence electrons. The molecule has 0 aliphatic carbocycles. The van der Waals surface area contributed by atoms with E-state index in [1.807, 2.05) is 30.3 Å². The number of hydrogen-bond acceptors (Lipinski definition) is 2. The molecule has 0 aromatic heterocycles. The van der Waals surface area contributed by atoms with Gasteiger partial charge in [-0.25, -0.2) is 0 Å². The Kier molecular flexibility index (Phi) is 4.38. The maximum Gasteiger partial charge on any atom is 0.218 e. The average Bonchev–Trinajstić information content (AvgIpc) is 2.48. The van der Waals surface area contributed by atoms with Crippen LogP contribution in [0.4, 0.5) is 0 Å². The second kappa shape index (κ2) is 6.04. The molecular formula is C17H19NOSi. The van der Waals surface area contributed by atoms with Gasteiger partial charge in [-0.3, -0.25) is 0 Å². The van der Waals surface area contributed by atoms with Crippen LogP contribution in [0.1, 0.15) is 24.2 Å². The smallest absolute Gasteiger partial charge is 0.218 e. The van der Waals surface area contributed by atoms with Gasteiger partial charge in [0.1, 0.15) is 0 Å². The summed E-state index contributed by atoms with van der Waals surface area (Å²) in [5.41, 5.74) is 1.79. The van der Waals surface area contributed by atoms with Crippen molar-refractivity contribution in [3.8, 4) is 6.07 Å². The number of nitrogens with zero attached hydrogens (tertiary/aromatic N) is 1. The molecule has 2 aromatic rings. The molecule has 0 radical (unpaired) electrons. The van der Waals surface area contributed by atoms with Crippen LogP contribution >= 0.6 is 0 Å². The van der Waals surface area contributed by atoms with Crippen molar-refractivity contribution in [3.05, 3.63) is 65.7 Å². The second-order valence-corrected chi connectivity index (χ2v) is 9.20. The van der Waals surface area contributed by atoms with Crippen molar-refractivity contribution < 1.29 is 4.43 Å². The summed E-state index contributed by atoms with van der Waals surface area (Å²) in [7, 11) is -1.91. The molecule has 0 fully saturated rings. The Morgan fingerprint density at radius 2 is 1.60 bits per heavy atom. The third-order valence-corrected chi connectivity index (χ3v) is 6.12.